The van der Waals surface area contributed by atoms with E-state index in [1.807, 2.05) is 4.90 Å². The first-order valence-electron chi connectivity index (χ1n) is 10.4. The van der Waals surface area contributed by atoms with Crippen LogP contribution in [0.4, 0.5) is 0 Å². The van der Waals surface area contributed by atoms with Crippen LogP contribution in [0.25, 0.3) is 0 Å². The molecule has 25 heavy (non-hydrogen) atoms. The van der Waals surface area contributed by atoms with Gasteiger partial charge in [0.2, 0.25) is 5.91 Å². The number of nitrogens with zero attached hydrogens (tertiary/aromatic N) is 3. The van der Waals surface area contributed by atoms with Gasteiger partial charge in [-0.2, -0.15) is 0 Å². The molecule has 0 aromatic rings. The monoisotopic (exact) mass is 351 g/mol. The average molecular weight is 352 g/mol. The Hall–Kier alpha value is -0.650. The maximum Gasteiger partial charge on any atom is 0.240 e. The van der Waals surface area contributed by atoms with Crippen molar-refractivity contribution in [3.8, 4) is 0 Å². The van der Waals surface area contributed by atoms with Crippen LogP contribution in [0, 0.1) is 11.3 Å². The van der Waals surface area contributed by atoms with Gasteiger partial charge in [-0.05, 0) is 50.7 Å². The standard InChI is InChI=1S/C20H37N3O2/c1-4-17(5-2)15-22-8-6-20(7-9-22)14-18(21(3)16-20)19(24)23-10-12-25-13-11-23/h17-18H,4-16H2,1-3H3. The molecule has 0 aliphatic carbocycles. The molecule has 1 spiro atoms. The first-order chi connectivity index (χ1) is 12.1. The molecule has 5 nitrogen and oxygen atoms in total. The van der Waals surface area contributed by atoms with Gasteiger partial charge in [-0.15, -0.1) is 0 Å². The Balaban J connectivity index is 1.53. The molecule has 144 valence electrons. The number of likely N-dealkylation sites (N-methyl/N-ethyl adjacent to an activating group) is 1. The van der Waals surface area contributed by atoms with Crippen LogP contribution in [0.15, 0.2) is 0 Å². The molecule has 3 aliphatic rings. The van der Waals surface area contributed by atoms with Gasteiger partial charge in [0, 0.05) is 26.2 Å². The average Bonchev–Trinajstić information content (AvgIpc) is 2.97. The lowest BCUT2D eigenvalue weighted by Crippen LogP contribution is -2.48. The Morgan fingerprint density at radius 1 is 1.12 bits per heavy atom. The lowest BCUT2D eigenvalue weighted by molar-refractivity contribution is -0.139. The van der Waals surface area contributed by atoms with Crippen molar-refractivity contribution >= 4 is 5.91 Å². The summed E-state index contributed by atoms with van der Waals surface area (Å²) < 4.78 is 5.40. The Labute approximate surface area is 153 Å². The van der Waals surface area contributed by atoms with Gasteiger partial charge in [-0.1, -0.05) is 26.7 Å². The number of carbonyl (C=O) groups excluding carboxylic acids is 1. The third-order valence-electron chi connectivity index (χ3n) is 6.94. The fourth-order valence-electron chi connectivity index (χ4n) is 5.02. The van der Waals surface area contributed by atoms with E-state index in [9.17, 15) is 4.79 Å². The summed E-state index contributed by atoms with van der Waals surface area (Å²) in [4.78, 5) is 20.0. The highest BCUT2D eigenvalue weighted by atomic mass is 16.5. The van der Waals surface area contributed by atoms with Gasteiger partial charge in [0.05, 0.1) is 19.3 Å². The maximum atomic E-state index is 12.9. The summed E-state index contributed by atoms with van der Waals surface area (Å²) >= 11 is 0. The van der Waals surface area contributed by atoms with E-state index >= 15 is 0 Å². The molecule has 3 saturated heterocycles. The summed E-state index contributed by atoms with van der Waals surface area (Å²) in [5.74, 6) is 1.18. The second kappa shape index (κ2) is 8.36. The number of hydrogen-bond acceptors (Lipinski definition) is 4. The molecule has 3 heterocycles. The van der Waals surface area contributed by atoms with E-state index in [1.165, 1.54) is 45.3 Å². The summed E-state index contributed by atoms with van der Waals surface area (Å²) in [5, 5.41) is 0. The van der Waals surface area contributed by atoms with E-state index in [0.717, 1.165) is 32.0 Å². The summed E-state index contributed by atoms with van der Waals surface area (Å²) in [6.07, 6.45) is 6.14. The second-order valence-corrected chi connectivity index (χ2v) is 8.56. The van der Waals surface area contributed by atoms with Crippen molar-refractivity contribution in [3.05, 3.63) is 0 Å². The molecule has 0 bridgehead atoms. The molecule has 1 amide bonds. The Bertz CT molecular complexity index is 438. The van der Waals surface area contributed by atoms with Crippen LogP contribution < -0.4 is 0 Å². The molecule has 0 saturated carbocycles. The van der Waals surface area contributed by atoms with Gasteiger partial charge < -0.3 is 14.5 Å². The number of ether oxygens (including phenoxy) is 1. The predicted octanol–water partition coefficient (Wildman–Crippen LogP) is 2.07. The van der Waals surface area contributed by atoms with Crippen LogP contribution in [-0.2, 0) is 9.53 Å². The van der Waals surface area contributed by atoms with E-state index < -0.39 is 0 Å². The van der Waals surface area contributed by atoms with Gasteiger partial charge in [0.25, 0.3) is 0 Å². The minimum Gasteiger partial charge on any atom is -0.378 e. The van der Waals surface area contributed by atoms with E-state index in [1.54, 1.807) is 0 Å². The molecule has 0 aromatic heterocycles. The normalized spacial score (nSPS) is 28.2. The van der Waals surface area contributed by atoms with Crippen molar-refractivity contribution in [3.63, 3.8) is 0 Å². The highest BCUT2D eigenvalue weighted by Crippen LogP contribution is 2.43. The topological polar surface area (TPSA) is 36.0 Å². The van der Waals surface area contributed by atoms with Crippen molar-refractivity contribution in [2.45, 2.75) is 52.0 Å². The molecule has 3 aliphatic heterocycles. The van der Waals surface area contributed by atoms with Gasteiger partial charge in [-0.3, -0.25) is 9.69 Å². The first-order valence-corrected chi connectivity index (χ1v) is 10.4. The van der Waals surface area contributed by atoms with Gasteiger partial charge in [-0.25, -0.2) is 0 Å². The van der Waals surface area contributed by atoms with Crippen molar-refractivity contribution in [2.24, 2.45) is 11.3 Å². The van der Waals surface area contributed by atoms with Gasteiger partial charge >= 0.3 is 0 Å². The van der Waals surface area contributed by atoms with Crippen LogP contribution in [0.1, 0.15) is 46.0 Å². The van der Waals surface area contributed by atoms with Crippen LogP contribution in [0.3, 0.4) is 0 Å². The Morgan fingerprint density at radius 3 is 2.36 bits per heavy atom. The molecule has 1 unspecified atom stereocenters. The number of hydrogen-bond donors (Lipinski definition) is 0. The molecule has 3 rings (SSSR count). The molecule has 0 radical (unpaired) electrons. The number of piperidine rings is 1. The second-order valence-electron chi connectivity index (χ2n) is 8.56. The minimum absolute atomic E-state index is 0.0867. The van der Waals surface area contributed by atoms with Crippen LogP contribution in [0.5, 0.6) is 0 Å². The maximum absolute atomic E-state index is 12.9. The third-order valence-corrected chi connectivity index (χ3v) is 6.94. The van der Waals surface area contributed by atoms with Gasteiger partial charge in [0.1, 0.15) is 0 Å². The summed E-state index contributed by atoms with van der Waals surface area (Å²) in [5.41, 5.74) is 0.367. The van der Waals surface area contributed by atoms with E-state index in [0.29, 0.717) is 24.5 Å². The third kappa shape index (κ3) is 4.37. The fraction of sp³-hybridized carbons (Fsp3) is 0.950. The lowest BCUT2D eigenvalue weighted by atomic mass is 9.76. The van der Waals surface area contributed by atoms with Crippen LogP contribution in [0.2, 0.25) is 0 Å². The van der Waals surface area contributed by atoms with Crippen LogP contribution in [-0.4, -0.2) is 86.2 Å². The van der Waals surface area contributed by atoms with E-state index in [-0.39, 0.29) is 6.04 Å². The highest BCUT2D eigenvalue weighted by Gasteiger charge is 2.47. The summed E-state index contributed by atoms with van der Waals surface area (Å²) in [6, 6.07) is 0.0867. The predicted molar refractivity (Wildman–Crippen MR) is 101 cm³/mol. The number of rotatable bonds is 5. The molecular formula is C20H37N3O2. The minimum atomic E-state index is 0.0867. The molecule has 1 atom stereocenters. The zero-order chi connectivity index (χ0) is 17.9. The molecule has 0 N–H and O–H groups in total. The summed E-state index contributed by atoms with van der Waals surface area (Å²) in [7, 11) is 2.15. The van der Waals surface area contributed by atoms with Gasteiger partial charge in [0.15, 0.2) is 0 Å². The molecular weight excluding hydrogens is 314 g/mol. The fourth-order valence-corrected chi connectivity index (χ4v) is 5.02. The van der Waals surface area contributed by atoms with E-state index in [4.69, 9.17) is 4.74 Å². The Morgan fingerprint density at radius 2 is 1.76 bits per heavy atom. The Kier molecular flexibility index (Phi) is 6.39. The smallest absolute Gasteiger partial charge is 0.240 e. The summed E-state index contributed by atoms with van der Waals surface area (Å²) in [6.45, 7) is 12.3. The number of amides is 1. The zero-order valence-electron chi connectivity index (χ0n) is 16.5. The quantitative estimate of drug-likeness (QED) is 0.760. The number of carbonyl (C=O) groups is 1. The van der Waals surface area contributed by atoms with E-state index in [2.05, 4.69) is 30.7 Å². The highest BCUT2D eigenvalue weighted by molar-refractivity contribution is 5.82. The molecule has 5 heteroatoms. The largest absolute Gasteiger partial charge is 0.378 e. The van der Waals surface area contributed by atoms with Crippen LogP contribution >= 0.6 is 0 Å². The van der Waals surface area contributed by atoms with Crippen molar-refractivity contribution in [1.29, 1.82) is 0 Å². The number of likely N-dealkylation sites (tertiary alicyclic amines) is 2. The van der Waals surface area contributed by atoms with Crippen molar-refractivity contribution < 1.29 is 9.53 Å². The van der Waals surface area contributed by atoms with Crippen molar-refractivity contribution in [2.75, 3.05) is 59.5 Å². The SMILES string of the molecule is CCC(CC)CN1CCC2(CC1)CC(C(=O)N1CCOCC1)N(C)C2. The molecule has 0 aromatic carbocycles. The number of morpholine rings is 1. The lowest BCUT2D eigenvalue weighted by Gasteiger charge is -2.40. The van der Waals surface area contributed by atoms with Crippen molar-refractivity contribution in [1.82, 2.24) is 14.7 Å². The zero-order valence-corrected chi connectivity index (χ0v) is 16.5. The first kappa shape index (κ1) is 19.1. The molecule has 3 fully saturated rings.